The fraction of sp³-hybridized carbons (Fsp3) is 0.190. The molecular formula is C21H20Cl2N4O2. The van der Waals surface area contributed by atoms with E-state index in [1.807, 2.05) is 44.3 Å². The highest BCUT2D eigenvalue weighted by Gasteiger charge is 2.25. The summed E-state index contributed by atoms with van der Waals surface area (Å²) in [5, 5.41) is 8.39. The predicted molar refractivity (Wildman–Crippen MR) is 117 cm³/mol. The number of carbonyl (C=O) groups is 2. The second kappa shape index (κ2) is 9.11. The summed E-state index contributed by atoms with van der Waals surface area (Å²) in [5.41, 5.74) is 4.57. The highest BCUT2D eigenvalue weighted by atomic mass is 35.5. The number of hydrazone groups is 1. The first-order chi connectivity index (χ1) is 13.9. The summed E-state index contributed by atoms with van der Waals surface area (Å²) in [7, 11) is 0. The van der Waals surface area contributed by atoms with E-state index in [0.29, 0.717) is 5.02 Å². The molecule has 6 nitrogen and oxygen atoms in total. The van der Waals surface area contributed by atoms with Gasteiger partial charge in [0.1, 0.15) is 6.04 Å². The molecule has 29 heavy (non-hydrogen) atoms. The van der Waals surface area contributed by atoms with Crippen molar-refractivity contribution in [3.05, 3.63) is 69.8 Å². The molecule has 0 aliphatic heterocycles. The number of nitrogens with one attached hydrogen (secondary N) is 3. The number of benzene rings is 2. The van der Waals surface area contributed by atoms with E-state index >= 15 is 0 Å². The number of halogens is 2. The molecule has 2 aromatic carbocycles. The number of aromatic amines is 1. The number of carbonyl (C=O) groups excluding carboxylic acids is 2. The largest absolute Gasteiger partial charge is 0.361 e. The number of amides is 2. The van der Waals surface area contributed by atoms with Gasteiger partial charge in [0.05, 0.1) is 16.8 Å². The fourth-order valence-electron chi connectivity index (χ4n) is 2.86. The summed E-state index contributed by atoms with van der Waals surface area (Å²) in [5.74, 6) is -1.04. The van der Waals surface area contributed by atoms with Crippen molar-refractivity contribution in [2.75, 3.05) is 0 Å². The second-order valence-electron chi connectivity index (χ2n) is 6.84. The maximum atomic E-state index is 12.6. The van der Waals surface area contributed by atoms with E-state index in [0.717, 1.165) is 16.5 Å². The van der Waals surface area contributed by atoms with Crippen molar-refractivity contribution in [1.29, 1.82) is 0 Å². The number of para-hydroxylation sites is 1. The maximum Gasteiger partial charge on any atom is 0.262 e. The SMILES string of the molecule is CC(C)C(NC(=O)c1ccc(Cl)cc1Cl)C(=O)NN=Cc1c[nH]c2ccccc12. The standard InChI is InChI=1S/C21H20Cl2N4O2/c1-12(2)19(26-20(28)16-8-7-14(22)9-17(16)23)21(29)27-25-11-13-10-24-18-6-4-3-5-15(13)18/h3-12,19,24H,1-2H3,(H,26,28)(H,27,29). The lowest BCUT2D eigenvalue weighted by atomic mass is 10.0. The van der Waals surface area contributed by atoms with Crippen LogP contribution in [0.15, 0.2) is 53.8 Å². The van der Waals surface area contributed by atoms with E-state index in [4.69, 9.17) is 23.2 Å². The molecule has 0 fully saturated rings. The van der Waals surface area contributed by atoms with E-state index in [1.165, 1.54) is 12.1 Å². The summed E-state index contributed by atoms with van der Waals surface area (Å²) in [6.07, 6.45) is 3.37. The second-order valence-corrected chi connectivity index (χ2v) is 7.69. The lowest BCUT2D eigenvalue weighted by Gasteiger charge is -2.20. The van der Waals surface area contributed by atoms with Gasteiger partial charge in [-0.15, -0.1) is 0 Å². The van der Waals surface area contributed by atoms with Crippen LogP contribution in [-0.4, -0.2) is 29.1 Å². The average molecular weight is 431 g/mol. The van der Waals surface area contributed by atoms with Crippen molar-refractivity contribution in [3.63, 3.8) is 0 Å². The topological polar surface area (TPSA) is 86.3 Å². The molecule has 2 amide bonds. The van der Waals surface area contributed by atoms with Crippen LogP contribution in [-0.2, 0) is 4.79 Å². The molecule has 0 spiro atoms. The molecule has 8 heteroatoms. The Morgan fingerprint density at radius 3 is 2.62 bits per heavy atom. The van der Waals surface area contributed by atoms with Gasteiger partial charge in [0.25, 0.3) is 11.8 Å². The normalized spacial score (nSPS) is 12.4. The Hall–Kier alpha value is -2.83. The van der Waals surface area contributed by atoms with E-state index in [-0.39, 0.29) is 16.5 Å². The van der Waals surface area contributed by atoms with Gasteiger partial charge in [0, 0.05) is 27.7 Å². The molecule has 150 valence electrons. The monoisotopic (exact) mass is 430 g/mol. The molecule has 1 heterocycles. The van der Waals surface area contributed by atoms with E-state index in [9.17, 15) is 9.59 Å². The molecule has 0 aliphatic rings. The number of fused-ring (bicyclic) bond motifs is 1. The van der Waals surface area contributed by atoms with Crippen molar-refractivity contribution < 1.29 is 9.59 Å². The molecular weight excluding hydrogens is 411 g/mol. The molecule has 3 aromatic rings. The Kier molecular flexibility index (Phi) is 6.56. The van der Waals surface area contributed by atoms with E-state index < -0.39 is 17.9 Å². The first-order valence-electron chi connectivity index (χ1n) is 9.01. The molecule has 1 unspecified atom stereocenters. The Bertz CT molecular complexity index is 1080. The first-order valence-corrected chi connectivity index (χ1v) is 9.77. The van der Waals surface area contributed by atoms with Crippen LogP contribution < -0.4 is 10.7 Å². The van der Waals surface area contributed by atoms with Gasteiger partial charge < -0.3 is 10.3 Å². The summed E-state index contributed by atoms with van der Waals surface area (Å²) in [6, 6.07) is 11.6. The highest BCUT2D eigenvalue weighted by molar-refractivity contribution is 6.36. The van der Waals surface area contributed by atoms with Crippen LogP contribution in [0.25, 0.3) is 10.9 Å². The third-order valence-corrected chi connectivity index (χ3v) is 4.96. The molecule has 0 bridgehead atoms. The number of hydrogen-bond acceptors (Lipinski definition) is 3. The Labute approximate surface area is 178 Å². The van der Waals surface area contributed by atoms with Crippen LogP contribution in [0.4, 0.5) is 0 Å². The summed E-state index contributed by atoms with van der Waals surface area (Å²) < 4.78 is 0. The summed E-state index contributed by atoms with van der Waals surface area (Å²) in [6.45, 7) is 3.66. The van der Waals surface area contributed by atoms with Crippen LogP contribution in [0, 0.1) is 5.92 Å². The van der Waals surface area contributed by atoms with Crippen molar-refractivity contribution >= 4 is 52.1 Å². The van der Waals surface area contributed by atoms with E-state index in [1.54, 1.807) is 12.3 Å². The zero-order chi connectivity index (χ0) is 21.0. The molecule has 1 atom stereocenters. The number of aromatic nitrogens is 1. The average Bonchev–Trinajstić information content (AvgIpc) is 3.09. The minimum Gasteiger partial charge on any atom is -0.361 e. The van der Waals surface area contributed by atoms with Crippen LogP contribution in [0.5, 0.6) is 0 Å². The molecule has 0 aliphatic carbocycles. The van der Waals surface area contributed by atoms with Crippen molar-refractivity contribution in [2.45, 2.75) is 19.9 Å². The Morgan fingerprint density at radius 1 is 1.14 bits per heavy atom. The zero-order valence-electron chi connectivity index (χ0n) is 15.9. The van der Waals surface area contributed by atoms with Crippen LogP contribution in [0.2, 0.25) is 10.0 Å². The van der Waals surface area contributed by atoms with Crippen LogP contribution in [0.3, 0.4) is 0 Å². The van der Waals surface area contributed by atoms with Crippen LogP contribution in [0.1, 0.15) is 29.8 Å². The van der Waals surface area contributed by atoms with Gasteiger partial charge in [-0.25, -0.2) is 5.43 Å². The van der Waals surface area contributed by atoms with Gasteiger partial charge >= 0.3 is 0 Å². The predicted octanol–water partition coefficient (Wildman–Crippen LogP) is 4.38. The quantitative estimate of drug-likeness (QED) is 0.400. The van der Waals surface area contributed by atoms with Crippen molar-refractivity contribution in [2.24, 2.45) is 11.0 Å². The molecule has 3 rings (SSSR count). The van der Waals surface area contributed by atoms with Gasteiger partial charge in [-0.05, 0) is 30.2 Å². The Morgan fingerprint density at radius 2 is 1.90 bits per heavy atom. The van der Waals surface area contributed by atoms with Crippen molar-refractivity contribution in [3.8, 4) is 0 Å². The number of hydrogen-bond donors (Lipinski definition) is 3. The summed E-state index contributed by atoms with van der Waals surface area (Å²) in [4.78, 5) is 28.3. The third kappa shape index (κ3) is 4.96. The lowest BCUT2D eigenvalue weighted by Crippen LogP contribution is -2.48. The summed E-state index contributed by atoms with van der Waals surface area (Å²) >= 11 is 11.9. The number of H-pyrrole nitrogens is 1. The van der Waals surface area contributed by atoms with E-state index in [2.05, 4.69) is 20.8 Å². The van der Waals surface area contributed by atoms with Gasteiger partial charge in [-0.2, -0.15) is 5.10 Å². The molecule has 0 saturated heterocycles. The van der Waals surface area contributed by atoms with Gasteiger partial charge in [0.15, 0.2) is 0 Å². The first kappa shape index (κ1) is 20.9. The molecule has 3 N–H and O–H groups in total. The zero-order valence-corrected chi connectivity index (χ0v) is 17.4. The lowest BCUT2D eigenvalue weighted by molar-refractivity contribution is -0.123. The minimum absolute atomic E-state index is 0.159. The highest BCUT2D eigenvalue weighted by Crippen LogP contribution is 2.21. The van der Waals surface area contributed by atoms with Crippen molar-refractivity contribution in [1.82, 2.24) is 15.7 Å². The minimum atomic E-state index is -0.783. The Balaban J connectivity index is 1.68. The fourth-order valence-corrected chi connectivity index (χ4v) is 3.36. The third-order valence-electron chi connectivity index (χ3n) is 4.41. The number of nitrogens with zero attached hydrogens (tertiary/aromatic N) is 1. The van der Waals surface area contributed by atoms with Gasteiger partial charge in [-0.3, -0.25) is 9.59 Å². The maximum absolute atomic E-state index is 12.6. The molecule has 1 aromatic heterocycles. The molecule has 0 saturated carbocycles. The smallest absolute Gasteiger partial charge is 0.262 e. The molecule has 0 radical (unpaired) electrons. The number of rotatable bonds is 6. The van der Waals surface area contributed by atoms with Crippen LogP contribution >= 0.6 is 23.2 Å². The van der Waals surface area contributed by atoms with Gasteiger partial charge in [0.2, 0.25) is 0 Å². The van der Waals surface area contributed by atoms with Gasteiger partial charge in [-0.1, -0.05) is 55.2 Å².